The van der Waals surface area contributed by atoms with Gasteiger partial charge in [-0.1, -0.05) is 48.3 Å². The van der Waals surface area contributed by atoms with E-state index in [1.807, 2.05) is 5.92 Å². The van der Waals surface area contributed by atoms with Crippen LogP contribution in [0.1, 0.15) is 44.9 Å². The van der Waals surface area contributed by atoms with Gasteiger partial charge < -0.3 is 0 Å². The van der Waals surface area contributed by atoms with Gasteiger partial charge in [-0.15, -0.1) is 0 Å². The molecule has 0 N–H and O–H groups in total. The topological polar surface area (TPSA) is 0 Å². The molecule has 0 spiro atoms. The maximum atomic E-state index is 2.48. The molecule has 0 aromatic heterocycles. The van der Waals surface area contributed by atoms with Crippen LogP contribution >= 0.6 is 22.6 Å². The molecule has 1 aliphatic carbocycles. The van der Waals surface area contributed by atoms with Crippen LogP contribution in [0.5, 0.6) is 0 Å². The van der Waals surface area contributed by atoms with E-state index in [0.717, 1.165) is 0 Å². The first-order valence-electron chi connectivity index (χ1n) is 4.33. The van der Waals surface area contributed by atoms with Gasteiger partial charge in [-0.2, -0.15) is 0 Å². The predicted molar refractivity (Wildman–Crippen MR) is 54.4 cm³/mol. The van der Waals surface area contributed by atoms with Crippen LogP contribution in [0.15, 0.2) is 0 Å². The van der Waals surface area contributed by atoms with Gasteiger partial charge in [0.25, 0.3) is 0 Å². The van der Waals surface area contributed by atoms with E-state index >= 15 is 0 Å². The van der Waals surface area contributed by atoms with Gasteiger partial charge in [0.05, 0.1) is 0 Å². The zero-order valence-electron chi connectivity index (χ0n) is 6.53. The molecule has 0 heterocycles. The minimum absolute atomic E-state index is 1.33. The van der Waals surface area contributed by atoms with Gasteiger partial charge in [0.1, 0.15) is 0 Å². The van der Waals surface area contributed by atoms with E-state index in [9.17, 15) is 0 Å². The normalized spacial score (nSPS) is 22.5. The second kappa shape index (κ2) is 5.39. The molecular formula is C9H16I. The highest BCUT2D eigenvalue weighted by Crippen LogP contribution is 2.27. The Hall–Kier alpha value is 0.730. The van der Waals surface area contributed by atoms with E-state index in [-0.39, 0.29) is 0 Å². The van der Waals surface area contributed by atoms with Crippen molar-refractivity contribution >= 4 is 22.6 Å². The van der Waals surface area contributed by atoms with Crippen LogP contribution in [0.3, 0.4) is 0 Å². The van der Waals surface area contributed by atoms with E-state index in [2.05, 4.69) is 22.6 Å². The third-order valence-electron chi connectivity index (χ3n) is 2.26. The Kier molecular flexibility index (Phi) is 4.76. The quantitative estimate of drug-likeness (QED) is 0.398. The molecule has 0 nitrogen and oxygen atoms in total. The summed E-state index contributed by atoms with van der Waals surface area (Å²) in [4.78, 5) is 0. The smallest absolute Gasteiger partial charge is 0.0000762 e. The van der Waals surface area contributed by atoms with Crippen LogP contribution < -0.4 is 0 Å². The van der Waals surface area contributed by atoms with Crippen LogP contribution in [-0.4, -0.2) is 4.43 Å². The van der Waals surface area contributed by atoms with Crippen molar-refractivity contribution in [3.8, 4) is 0 Å². The molecule has 1 rings (SSSR count). The first kappa shape index (κ1) is 8.82. The van der Waals surface area contributed by atoms with Crippen molar-refractivity contribution in [3.05, 3.63) is 5.92 Å². The average molecular weight is 251 g/mol. The van der Waals surface area contributed by atoms with Crippen LogP contribution in [0, 0.1) is 5.92 Å². The van der Waals surface area contributed by atoms with Gasteiger partial charge in [0.2, 0.25) is 0 Å². The summed E-state index contributed by atoms with van der Waals surface area (Å²) in [5.74, 6) is 1.84. The summed E-state index contributed by atoms with van der Waals surface area (Å²) < 4.78 is 1.33. The number of halogens is 1. The molecule has 0 aromatic rings. The van der Waals surface area contributed by atoms with Crippen molar-refractivity contribution in [2.24, 2.45) is 0 Å². The molecule has 0 unspecified atom stereocenters. The fraction of sp³-hybridized carbons (Fsp3) is 0.889. The lowest BCUT2D eigenvalue weighted by atomic mass is 9.98. The molecule has 0 aliphatic heterocycles. The van der Waals surface area contributed by atoms with Crippen LogP contribution in [0.25, 0.3) is 0 Å². The molecule has 1 heteroatoms. The van der Waals surface area contributed by atoms with E-state index in [1.165, 1.54) is 49.4 Å². The number of alkyl halides is 1. The van der Waals surface area contributed by atoms with E-state index < -0.39 is 0 Å². The molecule has 0 aromatic carbocycles. The average Bonchev–Trinajstić information content (AvgIpc) is 2.17. The molecule has 0 amide bonds. The first-order valence-corrected chi connectivity index (χ1v) is 5.85. The molecule has 1 fully saturated rings. The lowest BCUT2D eigenvalue weighted by Gasteiger charge is -2.09. The van der Waals surface area contributed by atoms with Crippen molar-refractivity contribution in [3.63, 3.8) is 0 Å². The lowest BCUT2D eigenvalue weighted by molar-refractivity contribution is 0.695. The molecule has 59 valence electrons. The standard InChI is InChI=1S/C9H16I/c10-8-7-9-5-3-1-2-4-6-9/h1-8H2. The first-order chi connectivity index (χ1) is 4.93. The Labute approximate surface area is 77.9 Å². The highest BCUT2D eigenvalue weighted by molar-refractivity contribution is 14.1. The van der Waals surface area contributed by atoms with Gasteiger partial charge in [-0.25, -0.2) is 0 Å². The van der Waals surface area contributed by atoms with Gasteiger partial charge in [-0.05, 0) is 25.2 Å². The summed E-state index contributed by atoms with van der Waals surface area (Å²) >= 11 is 2.48. The zero-order chi connectivity index (χ0) is 7.23. The SMILES string of the molecule is ICC[C]1CCCCCC1. The highest BCUT2D eigenvalue weighted by atomic mass is 127. The Morgan fingerprint density at radius 1 is 1.00 bits per heavy atom. The van der Waals surface area contributed by atoms with Crippen LogP contribution in [0.2, 0.25) is 0 Å². The minimum Gasteiger partial charge on any atom is -0.0864 e. The fourth-order valence-corrected chi connectivity index (χ4v) is 2.37. The summed E-state index contributed by atoms with van der Waals surface area (Å²) in [5.41, 5.74) is 0. The molecule has 1 saturated carbocycles. The molecule has 10 heavy (non-hydrogen) atoms. The third-order valence-corrected chi connectivity index (χ3v) is 2.80. The number of hydrogen-bond acceptors (Lipinski definition) is 0. The summed E-state index contributed by atoms with van der Waals surface area (Å²) in [7, 11) is 0. The molecule has 1 aliphatic rings. The Balaban J connectivity index is 2.15. The minimum atomic E-state index is 1.33. The van der Waals surface area contributed by atoms with Gasteiger partial charge >= 0.3 is 0 Å². The van der Waals surface area contributed by atoms with E-state index in [1.54, 1.807) is 0 Å². The molecule has 0 atom stereocenters. The summed E-state index contributed by atoms with van der Waals surface area (Å²) in [6.45, 7) is 0. The van der Waals surface area contributed by atoms with Crippen LogP contribution in [-0.2, 0) is 0 Å². The van der Waals surface area contributed by atoms with Crippen molar-refractivity contribution in [2.45, 2.75) is 44.9 Å². The summed E-state index contributed by atoms with van der Waals surface area (Å²) in [5, 5.41) is 0. The third kappa shape index (κ3) is 3.22. The monoisotopic (exact) mass is 251 g/mol. The number of rotatable bonds is 2. The maximum absolute atomic E-state index is 2.48. The van der Waals surface area contributed by atoms with Crippen molar-refractivity contribution in [1.29, 1.82) is 0 Å². The van der Waals surface area contributed by atoms with E-state index in [0.29, 0.717) is 0 Å². The fourth-order valence-electron chi connectivity index (χ4n) is 1.61. The Morgan fingerprint density at radius 2 is 1.60 bits per heavy atom. The summed E-state index contributed by atoms with van der Waals surface area (Å²) in [6, 6.07) is 0. The van der Waals surface area contributed by atoms with Crippen molar-refractivity contribution in [1.82, 2.24) is 0 Å². The number of hydrogen-bond donors (Lipinski definition) is 0. The van der Waals surface area contributed by atoms with Gasteiger partial charge in [-0.3, -0.25) is 0 Å². The highest BCUT2D eigenvalue weighted by Gasteiger charge is 2.10. The second-order valence-corrected chi connectivity index (χ2v) is 4.18. The second-order valence-electron chi connectivity index (χ2n) is 3.10. The Bertz CT molecular complexity index is 72.8. The molecule has 0 bridgehead atoms. The van der Waals surface area contributed by atoms with Gasteiger partial charge in [0, 0.05) is 4.43 Å². The van der Waals surface area contributed by atoms with Gasteiger partial charge in [0.15, 0.2) is 0 Å². The maximum Gasteiger partial charge on any atom is 0.0000762 e. The summed E-state index contributed by atoms with van der Waals surface area (Å²) in [6.07, 6.45) is 10.1. The largest absolute Gasteiger partial charge is 0.0864 e. The van der Waals surface area contributed by atoms with E-state index in [4.69, 9.17) is 0 Å². The molecular weight excluding hydrogens is 235 g/mol. The molecule has 1 radical (unpaired) electrons. The Morgan fingerprint density at radius 3 is 2.10 bits per heavy atom. The van der Waals surface area contributed by atoms with Crippen LogP contribution in [0.4, 0.5) is 0 Å². The molecule has 0 saturated heterocycles. The zero-order valence-corrected chi connectivity index (χ0v) is 8.69. The van der Waals surface area contributed by atoms with Crippen molar-refractivity contribution in [2.75, 3.05) is 4.43 Å². The lowest BCUT2D eigenvalue weighted by Crippen LogP contribution is -1.95. The predicted octanol–water partition coefficient (Wildman–Crippen LogP) is 3.74. The van der Waals surface area contributed by atoms with Crippen molar-refractivity contribution < 1.29 is 0 Å².